The van der Waals surface area contributed by atoms with Crippen LogP contribution < -0.4 is 10.5 Å². The fourth-order valence-electron chi connectivity index (χ4n) is 1.70. The number of rotatable bonds is 4. The Morgan fingerprint density at radius 3 is 2.57 bits per heavy atom. The first-order valence-corrected chi connectivity index (χ1v) is 8.77. The molecular weight excluding hydrogens is 326 g/mol. The van der Waals surface area contributed by atoms with Crippen molar-refractivity contribution in [3.63, 3.8) is 0 Å². The van der Waals surface area contributed by atoms with E-state index in [2.05, 4.69) is 9.71 Å². The first-order chi connectivity index (χ1) is 9.79. The van der Waals surface area contributed by atoms with Crippen LogP contribution in [0.15, 0.2) is 30.5 Å². The quantitative estimate of drug-likeness (QED) is 0.892. The van der Waals surface area contributed by atoms with Gasteiger partial charge in [0.2, 0.25) is 0 Å². The van der Waals surface area contributed by atoms with E-state index in [1.54, 1.807) is 6.20 Å². The first kappa shape index (κ1) is 16.4. The van der Waals surface area contributed by atoms with Gasteiger partial charge in [-0.05, 0) is 32.4 Å². The Hall–Kier alpha value is -0.950. The normalized spacial score (nSPS) is 14.9. The maximum absolute atomic E-state index is 12.4. The van der Waals surface area contributed by atoms with Gasteiger partial charge in [-0.1, -0.05) is 29.8 Å². The molecule has 1 aromatic carbocycles. The van der Waals surface area contributed by atoms with Gasteiger partial charge >= 0.3 is 0 Å². The Balaban J connectivity index is 2.41. The summed E-state index contributed by atoms with van der Waals surface area (Å²) in [6.45, 7) is 5.75. The molecule has 0 spiro atoms. The average Bonchev–Trinajstić information content (AvgIpc) is 2.82. The predicted octanol–water partition coefficient (Wildman–Crippen LogP) is 3.52. The topological polar surface area (TPSA) is 68.0 Å². The Kier molecular flexibility index (Phi) is 5.03. The Bertz CT molecular complexity index is 652. The van der Waals surface area contributed by atoms with Crippen molar-refractivity contribution >= 4 is 39.1 Å². The molecular formula is C14H18ClN3OS2. The van der Waals surface area contributed by atoms with Gasteiger partial charge in [-0.3, -0.25) is 0 Å². The van der Waals surface area contributed by atoms with E-state index in [9.17, 15) is 4.21 Å². The van der Waals surface area contributed by atoms with Crippen molar-refractivity contribution in [1.82, 2.24) is 9.71 Å². The van der Waals surface area contributed by atoms with E-state index in [0.29, 0.717) is 10.2 Å². The second-order valence-electron chi connectivity index (χ2n) is 5.55. The van der Waals surface area contributed by atoms with E-state index in [1.165, 1.54) is 11.3 Å². The van der Waals surface area contributed by atoms with Crippen LogP contribution in [0.5, 0.6) is 0 Å². The highest BCUT2D eigenvalue weighted by atomic mass is 35.5. The number of nitrogens with two attached hydrogens (primary N) is 1. The molecule has 0 aliphatic rings. The molecule has 0 unspecified atom stereocenters. The summed E-state index contributed by atoms with van der Waals surface area (Å²) in [5.41, 5.74) is 6.58. The highest BCUT2D eigenvalue weighted by Gasteiger charge is 2.26. The Labute approximate surface area is 136 Å². The summed E-state index contributed by atoms with van der Waals surface area (Å²) in [6, 6.07) is 7.20. The van der Waals surface area contributed by atoms with E-state index in [1.807, 2.05) is 45.0 Å². The number of hydrogen-bond donors (Lipinski definition) is 2. The van der Waals surface area contributed by atoms with Gasteiger partial charge < -0.3 is 5.73 Å². The number of nitrogens with one attached hydrogen (secondary N) is 1. The molecule has 0 saturated carbocycles. The summed E-state index contributed by atoms with van der Waals surface area (Å²) in [5, 5.41) is 1.10. The molecule has 21 heavy (non-hydrogen) atoms. The van der Waals surface area contributed by atoms with Crippen molar-refractivity contribution in [2.45, 2.75) is 31.6 Å². The number of aromatic nitrogens is 1. The third-order valence-electron chi connectivity index (χ3n) is 2.82. The summed E-state index contributed by atoms with van der Waals surface area (Å²) < 4.78 is 15.2. The van der Waals surface area contributed by atoms with Gasteiger partial charge in [0, 0.05) is 16.1 Å². The number of benzene rings is 1. The van der Waals surface area contributed by atoms with Gasteiger partial charge in [-0.15, -0.1) is 11.3 Å². The number of thiazole rings is 1. The van der Waals surface area contributed by atoms with Crippen LogP contribution in [-0.4, -0.2) is 13.9 Å². The standard InChI is InChI=1S/C14H18ClN3OS2/c1-14(2,3)21(19)18-12(11-8-17-13(16)20-11)9-6-4-5-7-10(9)15/h4-8,12,18H,1-3H3,(H2,16,17)/t12-,21+/m1/s1. The molecule has 2 rings (SSSR count). The zero-order valence-electron chi connectivity index (χ0n) is 12.1. The molecule has 114 valence electrons. The van der Waals surface area contributed by atoms with E-state index >= 15 is 0 Å². The molecule has 7 heteroatoms. The maximum atomic E-state index is 12.4. The molecule has 1 aromatic heterocycles. The van der Waals surface area contributed by atoms with Gasteiger partial charge in [0.15, 0.2) is 5.13 Å². The van der Waals surface area contributed by atoms with E-state index in [4.69, 9.17) is 17.3 Å². The SMILES string of the molecule is CC(C)(C)[S@](=O)N[C@@H](c1cnc(N)s1)c1ccccc1Cl. The second kappa shape index (κ2) is 6.44. The highest BCUT2D eigenvalue weighted by molar-refractivity contribution is 7.84. The van der Waals surface area contributed by atoms with Gasteiger partial charge in [-0.25, -0.2) is 13.9 Å². The van der Waals surface area contributed by atoms with Crippen molar-refractivity contribution in [3.05, 3.63) is 45.9 Å². The number of anilines is 1. The maximum Gasteiger partial charge on any atom is 0.180 e. The number of nitrogens with zero attached hydrogens (tertiary/aromatic N) is 1. The van der Waals surface area contributed by atoms with Crippen LogP contribution in [0.2, 0.25) is 5.02 Å². The lowest BCUT2D eigenvalue weighted by atomic mass is 10.1. The summed E-state index contributed by atoms with van der Waals surface area (Å²) in [5.74, 6) is 0. The highest BCUT2D eigenvalue weighted by Crippen LogP contribution is 2.33. The molecule has 0 amide bonds. The molecule has 4 nitrogen and oxygen atoms in total. The lowest BCUT2D eigenvalue weighted by Crippen LogP contribution is -2.36. The first-order valence-electron chi connectivity index (χ1n) is 6.42. The molecule has 0 saturated heterocycles. The van der Waals surface area contributed by atoms with E-state index < -0.39 is 11.0 Å². The van der Waals surface area contributed by atoms with E-state index in [-0.39, 0.29) is 10.8 Å². The molecule has 1 heterocycles. The van der Waals surface area contributed by atoms with Crippen molar-refractivity contribution in [2.75, 3.05) is 5.73 Å². The Morgan fingerprint density at radius 2 is 2.05 bits per heavy atom. The van der Waals surface area contributed by atoms with Gasteiger partial charge in [0.05, 0.1) is 21.8 Å². The lowest BCUT2D eigenvalue weighted by molar-refractivity contribution is 0.625. The molecule has 0 bridgehead atoms. The zero-order chi connectivity index (χ0) is 15.6. The van der Waals surface area contributed by atoms with Crippen molar-refractivity contribution in [1.29, 1.82) is 0 Å². The molecule has 0 fully saturated rings. The predicted molar refractivity (Wildman–Crippen MR) is 90.9 cm³/mol. The van der Waals surface area contributed by atoms with Crippen molar-refractivity contribution < 1.29 is 4.21 Å². The summed E-state index contributed by atoms with van der Waals surface area (Å²) in [6.07, 6.45) is 1.70. The van der Waals surface area contributed by atoms with Crippen LogP contribution in [0.3, 0.4) is 0 Å². The smallest absolute Gasteiger partial charge is 0.180 e. The van der Waals surface area contributed by atoms with Gasteiger partial charge in [0.25, 0.3) is 0 Å². The van der Waals surface area contributed by atoms with Gasteiger partial charge in [0.1, 0.15) is 0 Å². The van der Waals surface area contributed by atoms with Crippen LogP contribution >= 0.6 is 22.9 Å². The minimum atomic E-state index is -1.24. The summed E-state index contributed by atoms with van der Waals surface area (Å²) in [4.78, 5) is 4.96. The molecule has 0 radical (unpaired) electrons. The fraction of sp³-hybridized carbons (Fsp3) is 0.357. The minimum Gasteiger partial charge on any atom is -0.375 e. The number of halogens is 1. The largest absolute Gasteiger partial charge is 0.375 e. The van der Waals surface area contributed by atoms with E-state index in [0.717, 1.165) is 10.4 Å². The molecule has 0 aliphatic heterocycles. The van der Waals surface area contributed by atoms with Crippen LogP contribution in [0.1, 0.15) is 37.3 Å². The zero-order valence-corrected chi connectivity index (χ0v) is 14.5. The number of hydrogen-bond acceptors (Lipinski definition) is 4. The van der Waals surface area contributed by atoms with Crippen molar-refractivity contribution in [2.24, 2.45) is 0 Å². The molecule has 0 aliphatic carbocycles. The second-order valence-corrected chi connectivity index (χ2v) is 9.05. The van der Waals surface area contributed by atoms with Crippen LogP contribution in [0.25, 0.3) is 0 Å². The Morgan fingerprint density at radius 1 is 1.38 bits per heavy atom. The monoisotopic (exact) mass is 343 g/mol. The van der Waals surface area contributed by atoms with Gasteiger partial charge in [-0.2, -0.15) is 0 Å². The van der Waals surface area contributed by atoms with Crippen LogP contribution in [0.4, 0.5) is 5.13 Å². The lowest BCUT2D eigenvalue weighted by Gasteiger charge is -2.24. The van der Waals surface area contributed by atoms with Crippen molar-refractivity contribution in [3.8, 4) is 0 Å². The van der Waals surface area contributed by atoms with Crippen LogP contribution in [-0.2, 0) is 11.0 Å². The third-order valence-corrected chi connectivity index (χ3v) is 5.62. The molecule has 2 atom stereocenters. The van der Waals surface area contributed by atoms with Crippen LogP contribution in [0, 0.1) is 0 Å². The summed E-state index contributed by atoms with van der Waals surface area (Å²) in [7, 11) is -1.24. The minimum absolute atomic E-state index is 0.298. The molecule has 2 aromatic rings. The third kappa shape index (κ3) is 4.03. The average molecular weight is 344 g/mol. The summed E-state index contributed by atoms with van der Waals surface area (Å²) >= 11 is 7.65. The molecule has 3 N–H and O–H groups in total. The number of nitrogen functional groups attached to an aromatic ring is 1. The fourth-order valence-corrected chi connectivity index (χ4v) is 3.60.